The summed E-state index contributed by atoms with van der Waals surface area (Å²) in [7, 11) is 3.90. The fraction of sp³-hybridized carbons (Fsp3) is 0.533. The van der Waals surface area contributed by atoms with E-state index in [1.165, 1.54) is 0 Å². The van der Waals surface area contributed by atoms with E-state index < -0.39 is 0 Å². The molecule has 5 heteroatoms. The highest BCUT2D eigenvalue weighted by molar-refractivity contribution is 6.30. The third-order valence-corrected chi connectivity index (χ3v) is 3.24. The van der Waals surface area contributed by atoms with Crippen LogP contribution in [0.3, 0.4) is 0 Å². The van der Waals surface area contributed by atoms with Crippen molar-refractivity contribution in [3.8, 4) is 0 Å². The van der Waals surface area contributed by atoms with Crippen molar-refractivity contribution in [2.75, 3.05) is 40.3 Å². The van der Waals surface area contributed by atoms with Crippen molar-refractivity contribution in [2.24, 2.45) is 0 Å². The molecule has 0 aliphatic rings. The van der Waals surface area contributed by atoms with Gasteiger partial charge in [0.05, 0.1) is 6.54 Å². The molecule has 4 nitrogen and oxygen atoms in total. The Bertz CT molecular complexity index is 412. The summed E-state index contributed by atoms with van der Waals surface area (Å²) in [5.74, 6) is 0.0685. The molecule has 0 aliphatic carbocycles. The lowest BCUT2D eigenvalue weighted by molar-refractivity contribution is -0.121. The first-order valence-electron chi connectivity index (χ1n) is 6.96. The molecular formula is C15H24ClN3O. The van der Waals surface area contributed by atoms with Gasteiger partial charge < -0.3 is 10.6 Å². The lowest BCUT2D eigenvalue weighted by Gasteiger charge is -2.16. The van der Waals surface area contributed by atoms with Crippen LogP contribution in [-0.4, -0.2) is 51.1 Å². The molecule has 1 aromatic rings. The first kappa shape index (κ1) is 17.0. The molecule has 112 valence electrons. The standard InChI is InChI=1S/C15H24ClN3O/c1-17-8-4-10-19(2)12-15(20)18-9-7-13-5-3-6-14(16)11-13/h3,5-6,11,17H,4,7-10,12H2,1-2H3,(H,18,20). The van der Waals surface area contributed by atoms with Crippen molar-refractivity contribution in [3.63, 3.8) is 0 Å². The monoisotopic (exact) mass is 297 g/mol. The van der Waals surface area contributed by atoms with E-state index in [0.717, 1.165) is 36.5 Å². The van der Waals surface area contributed by atoms with Crippen LogP contribution in [0.5, 0.6) is 0 Å². The topological polar surface area (TPSA) is 44.4 Å². The first-order valence-corrected chi connectivity index (χ1v) is 7.34. The van der Waals surface area contributed by atoms with Gasteiger partial charge in [0.1, 0.15) is 0 Å². The summed E-state index contributed by atoms with van der Waals surface area (Å²) in [6.45, 7) is 2.98. The number of benzene rings is 1. The van der Waals surface area contributed by atoms with Crippen molar-refractivity contribution in [2.45, 2.75) is 12.8 Å². The molecule has 0 radical (unpaired) electrons. The van der Waals surface area contributed by atoms with Gasteiger partial charge in [-0.2, -0.15) is 0 Å². The Morgan fingerprint density at radius 1 is 1.35 bits per heavy atom. The van der Waals surface area contributed by atoms with Crippen molar-refractivity contribution in [1.82, 2.24) is 15.5 Å². The second-order valence-corrected chi connectivity index (χ2v) is 5.36. The Labute approximate surface area is 126 Å². The number of hydrogen-bond donors (Lipinski definition) is 2. The normalized spacial score (nSPS) is 10.8. The largest absolute Gasteiger partial charge is 0.355 e. The summed E-state index contributed by atoms with van der Waals surface area (Å²) in [6.07, 6.45) is 1.85. The number of amides is 1. The lowest BCUT2D eigenvalue weighted by Crippen LogP contribution is -2.37. The van der Waals surface area contributed by atoms with E-state index in [9.17, 15) is 4.79 Å². The number of likely N-dealkylation sites (N-methyl/N-ethyl adjacent to an activating group) is 1. The van der Waals surface area contributed by atoms with Crippen LogP contribution in [0.1, 0.15) is 12.0 Å². The highest BCUT2D eigenvalue weighted by Gasteiger charge is 2.05. The SMILES string of the molecule is CNCCCN(C)CC(=O)NCCc1cccc(Cl)c1. The molecule has 0 aliphatic heterocycles. The molecule has 1 aromatic carbocycles. The van der Waals surface area contributed by atoms with Gasteiger partial charge >= 0.3 is 0 Å². The smallest absolute Gasteiger partial charge is 0.234 e. The summed E-state index contributed by atoms with van der Waals surface area (Å²) in [6, 6.07) is 7.72. The molecule has 1 rings (SSSR count). The highest BCUT2D eigenvalue weighted by atomic mass is 35.5. The number of carbonyl (C=O) groups excluding carboxylic acids is 1. The fourth-order valence-electron chi connectivity index (χ4n) is 1.94. The van der Waals surface area contributed by atoms with Gasteiger partial charge in [0.2, 0.25) is 5.91 Å². The molecule has 0 saturated heterocycles. The van der Waals surface area contributed by atoms with Crippen LogP contribution >= 0.6 is 11.6 Å². The maximum absolute atomic E-state index is 11.7. The zero-order valence-corrected chi connectivity index (χ0v) is 13.0. The van der Waals surface area contributed by atoms with Gasteiger partial charge in [0, 0.05) is 11.6 Å². The molecule has 20 heavy (non-hydrogen) atoms. The molecular weight excluding hydrogens is 274 g/mol. The summed E-state index contributed by atoms with van der Waals surface area (Å²) in [5.41, 5.74) is 1.14. The van der Waals surface area contributed by atoms with Crippen LogP contribution in [0, 0.1) is 0 Å². The van der Waals surface area contributed by atoms with Crippen LogP contribution in [0.15, 0.2) is 24.3 Å². The van der Waals surface area contributed by atoms with E-state index in [2.05, 4.69) is 10.6 Å². The Kier molecular flexibility index (Phi) is 8.26. The minimum absolute atomic E-state index is 0.0685. The van der Waals surface area contributed by atoms with Crippen LogP contribution < -0.4 is 10.6 Å². The average Bonchev–Trinajstić information content (AvgIpc) is 2.39. The van der Waals surface area contributed by atoms with E-state index in [1.807, 2.05) is 43.3 Å². The second-order valence-electron chi connectivity index (χ2n) is 4.92. The Morgan fingerprint density at radius 3 is 2.85 bits per heavy atom. The molecule has 0 fully saturated rings. The van der Waals surface area contributed by atoms with Crippen LogP contribution in [0.4, 0.5) is 0 Å². The number of nitrogens with one attached hydrogen (secondary N) is 2. The van der Waals surface area contributed by atoms with Crippen molar-refractivity contribution < 1.29 is 4.79 Å². The summed E-state index contributed by atoms with van der Waals surface area (Å²) in [4.78, 5) is 13.8. The first-order chi connectivity index (χ1) is 9.61. The molecule has 0 aromatic heterocycles. The number of rotatable bonds is 9. The van der Waals surface area contributed by atoms with Gasteiger partial charge in [0.25, 0.3) is 0 Å². The average molecular weight is 298 g/mol. The maximum Gasteiger partial charge on any atom is 0.234 e. The van der Waals surface area contributed by atoms with E-state index in [4.69, 9.17) is 11.6 Å². The highest BCUT2D eigenvalue weighted by Crippen LogP contribution is 2.10. The third kappa shape index (κ3) is 7.48. The fourth-order valence-corrected chi connectivity index (χ4v) is 2.16. The predicted molar refractivity (Wildman–Crippen MR) is 84.2 cm³/mol. The van der Waals surface area contributed by atoms with Gasteiger partial charge in [-0.25, -0.2) is 0 Å². The Hall–Kier alpha value is -1.10. The van der Waals surface area contributed by atoms with E-state index in [0.29, 0.717) is 13.1 Å². The molecule has 0 heterocycles. The van der Waals surface area contributed by atoms with Crippen molar-refractivity contribution in [1.29, 1.82) is 0 Å². The van der Waals surface area contributed by atoms with Crippen molar-refractivity contribution in [3.05, 3.63) is 34.9 Å². The lowest BCUT2D eigenvalue weighted by atomic mass is 10.1. The van der Waals surface area contributed by atoms with Gasteiger partial charge in [-0.05, 0) is 57.7 Å². The minimum Gasteiger partial charge on any atom is -0.355 e. The maximum atomic E-state index is 11.7. The van der Waals surface area contributed by atoms with Gasteiger partial charge in [0.15, 0.2) is 0 Å². The molecule has 2 N–H and O–H groups in total. The molecule has 0 atom stereocenters. The number of nitrogens with zero attached hydrogens (tertiary/aromatic N) is 1. The van der Waals surface area contributed by atoms with Crippen LogP contribution in [0.25, 0.3) is 0 Å². The van der Waals surface area contributed by atoms with E-state index in [1.54, 1.807) is 0 Å². The Morgan fingerprint density at radius 2 is 2.15 bits per heavy atom. The molecule has 1 amide bonds. The van der Waals surface area contributed by atoms with Gasteiger partial charge in [-0.3, -0.25) is 9.69 Å². The zero-order chi connectivity index (χ0) is 14.8. The summed E-state index contributed by atoms with van der Waals surface area (Å²) < 4.78 is 0. The van der Waals surface area contributed by atoms with Crippen LogP contribution in [0.2, 0.25) is 5.02 Å². The van der Waals surface area contributed by atoms with Gasteiger partial charge in [-0.1, -0.05) is 23.7 Å². The van der Waals surface area contributed by atoms with Crippen LogP contribution in [-0.2, 0) is 11.2 Å². The molecule has 0 spiro atoms. The molecule has 0 bridgehead atoms. The van der Waals surface area contributed by atoms with Gasteiger partial charge in [-0.15, -0.1) is 0 Å². The predicted octanol–water partition coefficient (Wildman–Crippen LogP) is 1.54. The summed E-state index contributed by atoms with van der Waals surface area (Å²) >= 11 is 5.92. The molecule has 0 saturated carbocycles. The second kappa shape index (κ2) is 9.75. The van der Waals surface area contributed by atoms with E-state index in [-0.39, 0.29) is 5.91 Å². The zero-order valence-electron chi connectivity index (χ0n) is 12.3. The number of halogens is 1. The third-order valence-electron chi connectivity index (χ3n) is 3.01. The molecule has 0 unspecified atom stereocenters. The van der Waals surface area contributed by atoms with Crippen molar-refractivity contribution >= 4 is 17.5 Å². The Balaban J connectivity index is 2.16. The quantitative estimate of drug-likeness (QED) is 0.680. The summed E-state index contributed by atoms with van der Waals surface area (Å²) in [5, 5.41) is 6.76. The number of carbonyl (C=O) groups is 1. The number of hydrogen-bond acceptors (Lipinski definition) is 3. The minimum atomic E-state index is 0.0685. The van der Waals surface area contributed by atoms with E-state index >= 15 is 0 Å².